The lowest BCUT2D eigenvalue weighted by atomic mass is 10.1. The largest absolute Gasteiger partial charge is 0.488 e. The molecule has 5 nitrogen and oxygen atoms in total. The summed E-state index contributed by atoms with van der Waals surface area (Å²) in [6, 6.07) is 10.4. The molecule has 2 aromatic rings. The Bertz CT molecular complexity index is 556. The van der Waals surface area contributed by atoms with E-state index in [1.54, 1.807) is 12.1 Å². The molecule has 1 heterocycles. The van der Waals surface area contributed by atoms with E-state index in [4.69, 9.17) is 9.84 Å². The molecular formula is C14H13NO4. The first-order valence-corrected chi connectivity index (χ1v) is 5.71. The summed E-state index contributed by atoms with van der Waals surface area (Å²) in [5.41, 5.74) is 0.735. The molecule has 1 unspecified atom stereocenters. The Balaban J connectivity index is 2.05. The molecule has 0 radical (unpaired) electrons. The molecule has 0 amide bonds. The standard InChI is InChI=1S/C14H13NO4/c16-12(10-4-2-1-3-5-10)9-19-13-8-15-7-6-11(13)14(17)18/h1-8,12,16H,9H2,(H,17,18). The molecular weight excluding hydrogens is 246 g/mol. The van der Waals surface area contributed by atoms with E-state index in [1.807, 2.05) is 18.2 Å². The first kappa shape index (κ1) is 13.0. The number of carbonyl (C=O) groups is 1. The van der Waals surface area contributed by atoms with Crippen molar-refractivity contribution < 1.29 is 19.7 Å². The second-order valence-corrected chi connectivity index (χ2v) is 3.91. The number of ether oxygens (including phenoxy) is 1. The number of carboxylic acids is 1. The number of nitrogens with zero attached hydrogens (tertiary/aromatic N) is 1. The highest BCUT2D eigenvalue weighted by molar-refractivity contribution is 5.90. The second kappa shape index (κ2) is 5.97. The van der Waals surface area contributed by atoms with Crippen molar-refractivity contribution in [3.63, 3.8) is 0 Å². The number of benzene rings is 1. The number of aliphatic hydroxyl groups is 1. The zero-order valence-corrected chi connectivity index (χ0v) is 10.1. The number of hydrogen-bond acceptors (Lipinski definition) is 4. The average molecular weight is 259 g/mol. The van der Waals surface area contributed by atoms with Gasteiger partial charge < -0.3 is 14.9 Å². The first-order valence-electron chi connectivity index (χ1n) is 5.71. The summed E-state index contributed by atoms with van der Waals surface area (Å²) < 4.78 is 5.32. The van der Waals surface area contributed by atoms with Gasteiger partial charge in [-0.2, -0.15) is 0 Å². The Hall–Kier alpha value is -2.40. The lowest BCUT2D eigenvalue weighted by Gasteiger charge is -2.13. The fraction of sp³-hybridized carbons (Fsp3) is 0.143. The van der Waals surface area contributed by atoms with E-state index >= 15 is 0 Å². The number of hydrogen-bond donors (Lipinski definition) is 2. The molecule has 0 aliphatic heterocycles. The Morgan fingerprint density at radius 1 is 1.26 bits per heavy atom. The molecule has 98 valence electrons. The van der Waals surface area contributed by atoms with E-state index in [0.717, 1.165) is 0 Å². The van der Waals surface area contributed by atoms with Crippen LogP contribution in [0, 0.1) is 0 Å². The van der Waals surface area contributed by atoms with Gasteiger partial charge in [0, 0.05) is 6.20 Å². The van der Waals surface area contributed by atoms with Crippen molar-refractivity contribution in [2.75, 3.05) is 6.61 Å². The van der Waals surface area contributed by atoms with Gasteiger partial charge >= 0.3 is 5.97 Å². The van der Waals surface area contributed by atoms with Gasteiger partial charge in [0.2, 0.25) is 0 Å². The molecule has 5 heteroatoms. The van der Waals surface area contributed by atoms with E-state index < -0.39 is 12.1 Å². The number of rotatable bonds is 5. The van der Waals surface area contributed by atoms with Crippen LogP contribution < -0.4 is 4.74 Å². The Labute approximate surface area is 110 Å². The van der Waals surface area contributed by atoms with Crippen molar-refractivity contribution in [3.8, 4) is 5.75 Å². The van der Waals surface area contributed by atoms with E-state index in [-0.39, 0.29) is 17.9 Å². The van der Waals surface area contributed by atoms with E-state index in [9.17, 15) is 9.90 Å². The van der Waals surface area contributed by atoms with Gasteiger partial charge in [-0.25, -0.2) is 4.79 Å². The number of aromatic nitrogens is 1. The predicted octanol–water partition coefficient (Wildman–Crippen LogP) is 1.89. The second-order valence-electron chi connectivity index (χ2n) is 3.91. The van der Waals surface area contributed by atoms with Gasteiger partial charge in [0.15, 0.2) is 5.75 Å². The van der Waals surface area contributed by atoms with Crippen molar-refractivity contribution in [2.24, 2.45) is 0 Å². The molecule has 19 heavy (non-hydrogen) atoms. The van der Waals surface area contributed by atoms with Crippen molar-refractivity contribution in [3.05, 3.63) is 59.9 Å². The van der Waals surface area contributed by atoms with Gasteiger partial charge in [0.05, 0.1) is 6.20 Å². The minimum atomic E-state index is -1.09. The maximum Gasteiger partial charge on any atom is 0.339 e. The van der Waals surface area contributed by atoms with E-state index in [0.29, 0.717) is 5.56 Å². The Morgan fingerprint density at radius 2 is 2.00 bits per heavy atom. The summed E-state index contributed by atoms with van der Waals surface area (Å²) in [6.07, 6.45) is 1.88. The van der Waals surface area contributed by atoms with Gasteiger partial charge in [0.25, 0.3) is 0 Å². The summed E-state index contributed by atoms with van der Waals surface area (Å²) in [5, 5.41) is 18.9. The molecule has 0 spiro atoms. The maximum atomic E-state index is 11.0. The van der Waals surface area contributed by atoms with Crippen LogP contribution >= 0.6 is 0 Å². The normalized spacial score (nSPS) is 11.8. The number of carboxylic acid groups (broad SMARTS) is 1. The number of aliphatic hydroxyl groups excluding tert-OH is 1. The molecule has 0 bridgehead atoms. The zero-order valence-electron chi connectivity index (χ0n) is 10.1. The van der Waals surface area contributed by atoms with Gasteiger partial charge in [-0.1, -0.05) is 30.3 Å². The van der Waals surface area contributed by atoms with E-state index in [1.165, 1.54) is 18.5 Å². The molecule has 0 saturated carbocycles. The quantitative estimate of drug-likeness (QED) is 0.857. The molecule has 2 N–H and O–H groups in total. The highest BCUT2D eigenvalue weighted by Crippen LogP contribution is 2.19. The minimum absolute atomic E-state index is 0.0234. The maximum absolute atomic E-state index is 11.0. The van der Waals surface area contributed by atoms with Crippen molar-refractivity contribution in [2.45, 2.75) is 6.10 Å². The van der Waals surface area contributed by atoms with Crippen LogP contribution in [0.15, 0.2) is 48.8 Å². The third-order valence-electron chi connectivity index (χ3n) is 2.60. The van der Waals surface area contributed by atoms with Crippen LogP contribution in [0.25, 0.3) is 0 Å². The summed E-state index contributed by atoms with van der Waals surface area (Å²) >= 11 is 0. The summed E-state index contributed by atoms with van der Waals surface area (Å²) in [6.45, 7) is -0.0318. The van der Waals surface area contributed by atoms with Gasteiger partial charge in [-0.05, 0) is 11.6 Å². The van der Waals surface area contributed by atoms with Crippen LogP contribution in [-0.4, -0.2) is 27.8 Å². The fourth-order valence-corrected chi connectivity index (χ4v) is 1.61. The molecule has 0 saturated heterocycles. The zero-order chi connectivity index (χ0) is 13.7. The van der Waals surface area contributed by atoms with Crippen LogP contribution in [0.3, 0.4) is 0 Å². The highest BCUT2D eigenvalue weighted by Gasteiger charge is 2.13. The average Bonchev–Trinajstić information content (AvgIpc) is 2.46. The summed E-state index contributed by atoms with van der Waals surface area (Å²) in [7, 11) is 0. The van der Waals surface area contributed by atoms with E-state index in [2.05, 4.69) is 4.98 Å². The van der Waals surface area contributed by atoms with Crippen molar-refractivity contribution in [1.82, 2.24) is 4.98 Å². The topological polar surface area (TPSA) is 79.7 Å². The predicted molar refractivity (Wildman–Crippen MR) is 68.1 cm³/mol. The Morgan fingerprint density at radius 3 is 2.68 bits per heavy atom. The highest BCUT2D eigenvalue weighted by atomic mass is 16.5. The number of pyridine rings is 1. The minimum Gasteiger partial charge on any atom is -0.488 e. The summed E-state index contributed by atoms with van der Waals surface area (Å²) in [4.78, 5) is 14.8. The summed E-state index contributed by atoms with van der Waals surface area (Å²) in [5.74, 6) is -0.948. The van der Waals surface area contributed by atoms with Crippen LogP contribution in [0.2, 0.25) is 0 Å². The molecule has 0 fully saturated rings. The molecule has 1 aromatic carbocycles. The molecule has 1 aromatic heterocycles. The van der Waals surface area contributed by atoms with Gasteiger partial charge in [-0.3, -0.25) is 4.98 Å². The van der Waals surface area contributed by atoms with Crippen molar-refractivity contribution in [1.29, 1.82) is 0 Å². The lowest BCUT2D eigenvalue weighted by Crippen LogP contribution is -2.12. The lowest BCUT2D eigenvalue weighted by molar-refractivity contribution is 0.0682. The van der Waals surface area contributed by atoms with Crippen molar-refractivity contribution >= 4 is 5.97 Å². The first-order chi connectivity index (χ1) is 9.18. The number of aromatic carboxylic acids is 1. The Kier molecular flexibility index (Phi) is 4.10. The van der Waals surface area contributed by atoms with Gasteiger partial charge in [0.1, 0.15) is 18.3 Å². The molecule has 1 atom stereocenters. The molecule has 2 rings (SSSR count). The van der Waals surface area contributed by atoms with Crippen LogP contribution in [0.1, 0.15) is 22.0 Å². The molecule has 0 aliphatic carbocycles. The molecule has 0 aliphatic rings. The third kappa shape index (κ3) is 3.29. The van der Waals surface area contributed by atoms with Crippen LogP contribution in [-0.2, 0) is 0 Å². The van der Waals surface area contributed by atoms with Crippen LogP contribution in [0.4, 0.5) is 0 Å². The smallest absolute Gasteiger partial charge is 0.339 e. The van der Waals surface area contributed by atoms with Crippen LogP contribution in [0.5, 0.6) is 5.75 Å². The SMILES string of the molecule is O=C(O)c1ccncc1OCC(O)c1ccccc1. The van der Waals surface area contributed by atoms with Gasteiger partial charge in [-0.15, -0.1) is 0 Å². The monoisotopic (exact) mass is 259 g/mol. The fourth-order valence-electron chi connectivity index (χ4n) is 1.61. The third-order valence-corrected chi connectivity index (χ3v) is 2.60.